The predicted molar refractivity (Wildman–Crippen MR) is 141 cm³/mol. The van der Waals surface area contributed by atoms with E-state index in [-0.39, 0.29) is 0 Å². The number of esters is 1. The Morgan fingerprint density at radius 1 is 0.865 bits per heavy atom. The quantitative estimate of drug-likeness (QED) is 0.204. The number of ether oxygens (including phenoxy) is 2. The van der Waals surface area contributed by atoms with E-state index in [1.807, 2.05) is 50.3 Å². The van der Waals surface area contributed by atoms with Gasteiger partial charge in [-0.1, -0.05) is 36.4 Å². The van der Waals surface area contributed by atoms with Crippen molar-refractivity contribution in [1.29, 1.82) is 0 Å². The molecule has 0 atom stereocenters. The average Bonchev–Trinajstić information content (AvgIpc) is 2.86. The van der Waals surface area contributed by atoms with Gasteiger partial charge in [-0.3, -0.25) is 0 Å². The number of allylic oxidation sites excluding steroid dienone is 2. The van der Waals surface area contributed by atoms with Gasteiger partial charge >= 0.3 is 12.1 Å². The molecule has 3 rings (SSSR count). The van der Waals surface area contributed by atoms with Gasteiger partial charge in [0.25, 0.3) is 0 Å². The van der Waals surface area contributed by atoms with Crippen molar-refractivity contribution in [2.75, 3.05) is 13.7 Å². The highest BCUT2D eigenvalue weighted by molar-refractivity contribution is 5.89. The maximum atomic E-state index is 13.0. The van der Waals surface area contributed by atoms with Gasteiger partial charge in [-0.05, 0) is 90.9 Å². The molecular formula is C31H31F3O3. The first-order valence-electron chi connectivity index (χ1n) is 11.9. The number of hydrogen-bond acceptors (Lipinski definition) is 3. The van der Waals surface area contributed by atoms with Crippen LogP contribution in [0.2, 0.25) is 0 Å². The third-order valence-corrected chi connectivity index (χ3v) is 6.51. The molecule has 0 saturated heterocycles. The second kappa shape index (κ2) is 11.5. The van der Waals surface area contributed by atoms with Crippen molar-refractivity contribution in [3.8, 4) is 16.9 Å². The van der Waals surface area contributed by atoms with Gasteiger partial charge in [-0.15, -0.1) is 13.2 Å². The van der Waals surface area contributed by atoms with Crippen molar-refractivity contribution in [3.63, 3.8) is 0 Å². The standard InChI is InChI=1S/C31H31F3O3/c1-6-16-30(17-7-2,25-12-10-24(11-13-25)29(35)36-5)20-37-27-18-21(3)28(22(4)19-27)23-8-14-26(15-9-23)31(32,33)34/h6-15,18-19H,1-2,16-17,20H2,3-5H3. The zero-order valence-corrected chi connectivity index (χ0v) is 21.3. The number of hydrogen-bond donors (Lipinski definition) is 0. The average molecular weight is 509 g/mol. The molecule has 0 aliphatic heterocycles. The Morgan fingerprint density at radius 3 is 1.84 bits per heavy atom. The number of methoxy groups -OCH3 is 1. The highest BCUT2D eigenvalue weighted by atomic mass is 19.4. The van der Waals surface area contributed by atoms with Gasteiger partial charge in [0, 0.05) is 5.41 Å². The van der Waals surface area contributed by atoms with Crippen LogP contribution in [0.15, 0.2) is 86.0 Å². The van der Waals surface area contributed by atoms with Crippen molar-refractivity contribution in [2.24, 2.45) is 0 Å². The molecule has 0 unspecified atom stereocenters. The van der Waals surface area contributed by atoms with Crippen LogP contribution in [-0.2, 0) is 16.3 Å². The first-order chi connectivity index (χ1) is 17.5. The minimum absolute atomic E-state index is 0.334. The number of benzene rings is 3. The maximum absolute atomic E-state index is 13.0. The minimum Gasteiger partial charge on any atom is -0.493 e. The Bertz CT molecular complexity index is 1220. The molecule has 0 fully saturated rings. The summed E-state index contributed by atoms with van der Waals surface area (Å²) >= 11 is 0. The topological polar surface area (TPSA) is 35.5 Å². The molecule has 3 nitrogen and oxygen atoms in total. The van der Waals surface area contributed by atoms with Crippen molar-refractivity contribution in [1.82, 2.24) is 0 Å². The number of aryl methyl sites for hydroxylation is 2. The SMILES string of the molecule is C=CCC(CC=C)(COc1cc(C)c(-c2ccc(C(F)(F)F)cc2)c(C)c1)c1ccc(C(=O)OC)cc1. The van der Waals surface area contributed by atoms with Crippen LogP contribution in [-0.4, -0.2) is 19.7 Å². The molecule has 0 N–H and O–H groups in total. The number of halogens is 3. The number of alkyl halides is 3. The van der Waals surface area contributed by atoms with E-state index in [0.29, 0.717) is 36.3 Å². The van der Waals surface area contributed by atoms with Crippen LogP contribution in [0, 0.1) is 13.8 Å². The second-order valence-corrected chi connectivity index (χ2v) is 9.13. The molecule has 6 heteroatoms. The summed E-state index contributed by atoms with van der Waals surface area (Å²) < 4.78 is 50.0. The molecule has 3 aromatic rings. The summed E-state index contributed by atoms with van der Waals surface area (Å²) in [6.45, 7) is 12.0. The maximum Gasteiger partial charge on any atom is 0.416 e. The van der Waals surface area contributed by atoms with Crippen LogP contribution in [0.3, 0.4) is 0 Å². The van der Waals surface area contributed by atoms with Crippen LogP contribution in [0.25, 0.3) is 11.1 Å². The van der Waals surface area contributed by atoms with Crippen LogP contribution < -0.4 is 4.74 Å². The number of rotatable bonds is 10. The van der Waals surface area contributed by atoms with E-state index < -0.39 is 23.1 Å². The van der Waals surface area contributed by atoms with Crippen LogP contribution in [0.1, 0.15) is 45.5 Å². The van der Waals surface area contributed by atoms with Gasteiger partial charge in [-0.2, -0.15) is 13.2 Å². The largest absolute Gasteiger partial charge is 0.493 e. The molecule has 37 heavy (non-hydrogen) atoms. The van der Waals surface area contributed by atoms with E-state index in [4.69, 9.17) is 9.47 Å². The lowest BCUT2D eigenvalue weighted by Crippen LogP contribution is -2.32. The third-order valence-electron chi connectivity index (χ3n) is 6.51. The molecule has 0 aliphatic rings. The van der Waals surface area contributed by atoms with Crippen molar-refractivity contribution < 1.29 is 27.4 Å². The molecule has 0 bridgehead atoms. The van der Waals surface area contributed by atoms with Crippen molar-refractivity contribution in [2.45, 2.75) is 38.3 Å². The fraction of sp³-hybridized carbons (Fsp3) is 0.258. The Kier molecular flexibility index (Phi) is 8.64. The van der Waals surface area contributed by atoms with Gasteiger partial charge in [0.15, 0.2) is 0 Å². The highest BCUT2D eigenvalue weighted by Crippen LogP contribution is 2.37. The summed E-state index contributed by atoms with van der Waals surface area (Å²) in [7, 11) is 1.34. The molecule has 0 saturated carbocycles. The third kappa shape index (κ3) is 6.31. The first kappa shape index (κ1) is 27.8. The lowest BCUT2D eigenvalue weighted by atomic mass is 9.75. The zero-order chi connectivity index (χ0) is 27.2. The predicted octanol–water partition coefficient (Wildman–Crippen LogP) is 8.24. The van der Waals surface area contributed by atoms with E-state index in [1.54, 1.807) is 12.1 Å². The fourth-order valence-corrected chi connectivity index (χ4v) is 4.66. The minimum atomic E-state index is -4.37. The Labute approximate surface area is 216 Å². The summed E-state index contributed by atoms with van der Waals surface area (Å²) in [6, 6.07) is 16.2. The summed E-state index contributed by atoms with van der Waals surface area (Å²) in [5.41, 5.74) is 3.71. The Balaban J connectivity index is 1.89. The summed E-state index contributed by atoms with van der Waals surface area (Å²) in [5.74, 6) is 0.259. The normalized spacial score (nSPS) is 11.6. The van der Waals surface area contributed by atoms with E-state index in [2.05, 4.69) is 13.2 Å². The summed E-state index contributed by atoms with van der Waals surface area (Å²) in [6.07, 6.45) is 0.552. The van der Waals surface area contributed by atoms with E-state index in [9.17, 15) is 18.0 Å². The lowest BCUT2D eigenvalue weighted by Gasteiger charge is -2.33. The number of carbonyl (C=O) groups is 1. The van der Waals surface area contributed by atoms with E-state index in [0.717, 1.165) is 34.4 Å². The molecule has 0 spiro atoms. The van der Waals surface area contributed by atoms with Crippen LogP contribution >= 0.6 is 0 Å². The molecule has 0 amide bonds. The van der Waals surface area contributed by atoms with E-state index >= 15 is 0 Å². The summed E-state index contributed by atoms with van der Waals surface area (Å²) in [4.78, 5) is 11.9. The molecule has 0 aliphatic carbocycles. The van der Waals surface area contributed by atoms with Gasteiger partial charge in [-0.25, -0.2) is 4.79 Å². The van der Waals surface area contributed by atoms with Gasteiger partial charge in [0.05, 0.1) is 24.8 Å². The first-order valence-corrected chi connectivity index (χ1v) is 11.9. The van der Waals surface area contributed by atoms with Gasteiger partial charge in [0.2, 0.25) is 0 Å². The van der Waals surface area contributed by atoms with Crippen LogP contribution in [0.4, 0.5) is 13.2 Å². The zero-order valence-electron chi connectivity index (χ0n) is 21.3. The van der Waals surface area contributed by atoms with Gasteiger partial charge in [0.1, 0.15) is 5.75 Å². The molecule has 194 valence electrons. The fourth-order valence-electron chi connectivity index (χ4n) is 4.66. The molecule has 0 heterocycles. The molecular weight excluding hydrogens is 477 g/mol. The molecule has 3 aromatic carbocycles. The van der Waals surface area contributed by atoms with Crippen molar-refractivity contribution >= 4 is 5.97 Å². The molecule has 0 radical (unpaired) electrons. The summed E-state index contributed by atoms with van der Waals surface area (Å²) in [5, 5.41) is 0. The lowest BCUT2D eigenvalue weighted by molar-refractivity contribution is -0.137. The van der Waals surface area contributed by atoms with Crippen molar-refractivity contribution in [3.05, 3.63) is 114 Å². The van der Waals surface area contributed by atoms with Gasteiger partial charge < -0.3 is 9.47 Å². The van der Waals surface area contributed by atoms with Crippen LogP contribution in [0.5, 0.6) is 5.75 Å². The Hall–Kier alpha value is -3.80. The second-order valence-electron chi connectivity index (χ2n) is 9.13. The number of carbonyl (C=O) groups excluding carboxylic acids is 1. The molecule has 0 aromatic heterocycles. The highest BCUT2D eigenvalue weighted by Gasteiger charge is 2.32. The smallest absolute Gasteiger partial charge is 0.416 e. The Morgan fingerprint density at radius 2 is 1.38 bits per heavy atom. The monoisotopic (exact) mass is 508 g/mol. The van der Waals surface area contributed by atoms with E-state index in [1.165, 1.54) is 19.2 Å².